The van der Waals surface area contributed by atoms with Gasteiger partial charge in [-0.15, -0.1) is 0 Å². The molecular formula is C11H6F6O4. The van der Waals surface area contributed by atoms with Crippen LogP contribution in [-0.4, -0.2) is 22.5 Å². The van der Waals surface area contributed by atoms with Crippen LogP contribution in [0.5, 0.6) is 0 Å². The van der Waals surface area contributed by atoms with Gasteiger partial charge in [-0.05, 0) is 12.1 Å². The Morgan fingerprint density at radius 2 is 1.52 bits per heavy atom. The molecule has 4 nitrogen and oxygen atoms in total. The van der Waals surface area contributed by atoms with Crippen molar-refractivity contribution in [2.24, 2.45) is 0 Å². The van der Waals surface area contributed by atoms with Crippen LogP contribution in [0, 0.1) is 0 Å². The lowest BCUT2D eigenvalue weighted by atomic mass is 9.94. The molecule has 0 aliphatic rings. The fourth-order valence-electron chi connectivity index (χ4n) is 1.58. The summed E-state index contributed by atoms with van der Waals surface area (Å²) in [7, 11) is 0. The fourth-order valence-corrected chi connectivity index (χ4v) is 1.58. The second-order valence-electron chi connectivity index (χ2n) is 3.88. The summed E-state index contributed by atoms with van der Waals surface area (Å²) in [5.41, 5.74) is -6.39. The first-order chi connectivity index (χ1) is 9.39. The fraction of sp³-hybridized carbons (Fsp3) is 0.273. The van der Waals surface area contributed by atoms with Crippen molar-refractivity contribution < 1.29 is 46.1 Å². The summed E-state index contributed by atoms with van der Waals surface area (Å²) in [6.07, 6.45) is -13.7. The molecule has 0 saturated heterocycles. The third kappa shape index (κ3) is 3.51. The van der Waals surface area contributed by atoms with Crippen LogP contribution in [0.25, 0.3) is 0 Å². The smallest absolute Gasteiger partial charge is 0.417 e. The van der Waals surface area contributed by atoms with Gasteiger partial charge in [0.25, 0.3) is 0 Å². The lowest BCUT2D eigenvalue weighted by Crippen LogP contribution is -2.20. The molecule has 0 fully saturated rings. The first-order valence-corrected chi connectivity index (χ1v) is 5.08. The molecule has 10 heteroatoms. The normalized spacial score (nSPS) is 13.9. The molecule has 1 unspecified atom stereocenters. The molecular weight excluding hydrogens is 310 g/mol. The van der Waals surface area contributed by atoms with E-state index in [0.717, 1.165) is 0 Å². The van der Waals surface area contributed by atoms with Gasteiger partial charge >= 0.3 is 18.3 Å². The van der Waals surface area contributed by atoms with E-state index < -0.39 is 53.0 Å². The van der Waals surface area contributed by atoms with Crippen LogP contribution >= 0.6 is 0 Å². The van der Waals surface area contributed by atoms with Crippen molar-refractivity contribution in [1.82, 2.24) is 0 Å². The third-order valence-corrected chi connectivity index (χ3v) is 2.49. The number of hydrogen-bond donors (Lipinski definition) is 2. The summed E-state index contributed by atoms with van der Waals surface area (Å²) in [5.74, 6) is -2.16. The summed E-state index contributed by atoms with van der Waals surface area (Å²) in [4.78, 5) is 21.0. The minimum atomic E-state index is -5.24. The SMILES string of the molecule is O=Cc1cc(C(F)(F)F)c(C(O)C(=O)O)cc1C(F)(F)F. The van der Waals surface area contributed by atoms with E-state index in [1.165, 1.54) is 0 Å². The minimum absolute atomic E-state index is 0.142. The van der Waals surface area contributed by atoms with Crippen LogP contribution in [0.4, 0.5) is 26.3 Å². The lowest BCUT2D eigenvalue weighted by Gasteiger charge is -2.19. The first-order valence-electron chi connectivity index (χ1n) is 5.08. The summed E-state index contributed by atoms with van der Waals surface area (Å²) in [5, 5.41) is 17.6. The molecule has 21 heavy (non-hydrogen) atoms. The second-order valence-corrected chi connectivity index (χ2v) is 3.88. The Morgan fingerprint density at radius 1 is 1.05 bits per heavy atom. The standard InChI is InChI=1S/C11H6F6O4/c12-10(13,14)6-2-5(8(19)9(20)21)7(11(15,16)17)1-4(6)3-18/h1-3,8,19H,(H,20,21). The largest absolute Gasteiger partial charge is 0.479 e. The average Bonchev–Trinajstić information content (AvgIpc) is 2.33. The number of carbonyl (C=O) groups is 2. The Bertz CT molecular complexity index is 575. The predicted octanol–water partition coefficient (Wildman–Crippen LogP) is 2.65. The van der Waals surface area contributed by atoms with Crippen LogP contribution in [0.1, 0.15) is 33.2 Å². The molecule has 0 aromatic heterocycles. The van der Waals surface area contributed by atoms with E-state index in [0.29, 0.717) is 0 Å². The summed E-state index contributed by atoms with van der Waals surface area (Å²) >= 11 is 0. The van der Waals surface area contributed by atoms with Gasteiger partial charge < -0.3 is 10.2 Å². The van der Waals surface area contributed by atoms with Crippen LogP contribution in [0.15, 0.2) is 12.1 Å². The number of carboxylic acid groups (broad SMARTS) is 1. The van der Waals surface area contributed by atoms with E-state index in [-0.39, 0.29) is 12.1 Å². The molecule has 0 radical (unpaired) electrons. The Hall–Kier alpha value is -2.10. The molecule has 0 heterocycles. The molecule has 0 aliphatic carbocycles. The van der Waals surface area contributed by atoms with Gasteiger partial charge in [0.15, 0.2) is 12.4 Å². The number of aldehydes is 1. The van der Waals surface area contributed by atoms with E-state index in [2.05, 4.69) is 0 Å². The number of halogens is 6. The molecule has 1 atom stereocenters. The first kappa shape index (κ1) is 17.0. The van der Waals surface area contributed by atoms with Gasteiger partial charge in [0, 0.05) is 11.1 Å². The van der Waals surface area contributed by atoms with E-state index >= 15 is 0 Å². The van der Waals surface area contributed by atoms with Gasteiger partial charge in [0.2, 0.25) is 0 Å². The van der Waals surface area contributed by atoms with Gasteiger partial charge in [-0.25, -0.2) is 4.79 Å². The lowest BCUT2D eigenvalue weighted by molar-refractivity contribution is -0.150. The summed E-state index contributed by atoms with van der Waals surface area (Å²) in [6.45, 7) is 0. The molecule has 1 rings (SSSR count). The van der Waals surface area contributed by atoms with Gasteiger partial charge in [-0.1, -0.05) is 0 Å². The van der Waals surface area contributed by atoms with E-state index in [9.17, 15) is 35.9 Å². The number of carboxylic acids is 1. The number of hydrogen-bond acceptors (Lipinski definition) is 3. The second kappa shape index (κ2) is 5.35. The number of carbonyl (C=O) groups excluding carboxylic acids is 1. The number of alkyl halides is 6. The molecule has 1 aromatic rings. The van der Waals surface area contributed by atoms with Crippen molar-refractivity contribution in [2.45, 2.75) is 18.5 Å². The van der Waals surface area contributed by atoms with Crippen molar-refractivity contribution in [1.29, 1.82) is 0 Å². The Balaban J connectivity index is 3.74. The molecule has 0 amide bonds. The number of rotatable bonds is 3. The zero-order valence-corrected chi connectivity index (χ0v) is 9.79. The number of aliphatic hydroxyl groups excluding tert-OH is 1. The maximum absolute atomic E-state index is 12.7. The van der Waals surface area contributed by atoms with Gasteiger partial charge in [-0.3, -0.25) is 4.79 Å². The van der Waals surface area contributed by atoms with E-state index in [4.69, 9.17) is 10.2 Å². The Kier molecular flexibility index (Phi) is 4.32. The highest BCUT2D eigenvalue weighted by Crippen LogP contribution is 2.40. The quantitative estimate of drug-likeness (QED) is 0.664. The summed E-state index contributed by atoms with van der Waals surface area (Å²) in [6, 6.07) is -0.331. The van der Waals surface area contributed by atoms with Crippen molar-refractivity contribution in [3.63, 3.8) is 0 Å². The third-order valence-electron chi connectivity index (χ3n) is 2.49. The zero-order valence-electron chi connectivity index (χ0n) is 9.79. The van der Waals surface area contributed by atoms with E-state index in [1.807, 2.05) is 0 Å². The van der Waals surface area contributed by atoms with Crippen LogP contribution < -0.4 is 0 Å². The molecule has 0 aliphatic heterocycles. The Labute approximate surface area is 112 Å². The minimum Gasteiger partial charge on any atom is -0.479 e. The highest BCUT2D eigenvalue weighted by atomic mass is 19.4. The molecule has 2 N–H and O–H groups in total. The van der Waals surface area contributed by atoms with Crippen molar-refractivity contribution in [3.05, 3.63) is 34.4 Å². The maximum Gasteiger partial charge on any atom is 0.417 e. The van der Waals surface area contributed by atoms with Gasteiger partial charge in [0.05, 0.1) is 11.1 Å². The predicted molar refractivity (Wildman–Crippen MR) is 54.4 cm³/mol. The molecule has 0 saturated carbocycles. The molecule has 116 valence electrons. The molecule has 0 spiro atoms. The van der Waals surface area contributed by atoms with Crippen molar-refractivity contribution in [3.8, 4) is 0 Å². The van der Waals surface area contributed by atoms with Gasteiger partial charge in [0.1, 0.15) is 0 Å². The van der Waals surface area contributed by atoms with Crippen molar-refractivity contribution in [2.75, 3.05) is 0 Å². The molecule has 1 aromatic carbocycles. The van der Waals surface area contributed by atoms with Crippen LogP contribution in [0.2, 0.25) is 0 Å². The zero-order chi connectivity index (χ0) is 16.6. The highest BCUT2D eigenvalue weighted by Gasteiger charge is 2.41. The van der Waals surface area contributed by atoms with E-state index in [1.54, 1.807) is 0 Å². The average molecular weight is 316 g/mol. The number of benzene rings is 1. The maximum atomic E-state index is 12.7. The highest BCUT2D eigenvalue weighted by molar-refractivity contribution is 5.80. The van der Waals surface area contributed by atoms with Gasteiger partial charge in [-0.2, -0.15) is 26.3 Å². The topological polar surface area (TPSA) is 74.6 Å². The van der Waals surface area contributed by atoms with Crippen molar-refractivity contribution >= 4 is 12.3 Å². The summed E-state index contributed by atoms with van der Waals surface area (Å²) < 4.78 is 76.1. The van der Waals surface area contributed by atoms with Crippen LogP contribution in [-0.2, 0) is 17.1 Å². The van der Waals surface area contributed by atoms with Crippen LogP contribution in [0.3, 0.4) is 0 Å². The number of aliphatic carboxylic acids is 1. The molecule has 0 bridgehead atoms. The number of aliphatic hydroxyl groups is 1. The monoisotopic (exact) mass is 316 g/mol. The Morgan fingerprint density at radius 3 is 1.86 bits per heavy atom.